The van der Waals surface area contributed by atoms with Crippen LogP contribution in [0, 0.1) is 0 Å². The fraction of sp³-hybridized carbons (Fsp3) is 0.333. The highest BCUT2D eigenvalue weighted by Gasteiger charge is 2.43. The molecule has 0 spiro atoms. The molecule has 7 nitrogen and oxygen atoms in total. The number of hydrogen-bond donors (Lipinski definition) is 1. The van der Waals surface area contributed by atoms with Crippen molar-refractivity contribution in [3.8, 4) is 0 Å². The van der Waals surface area contributed by atoms with E-state index in [0.29, 0.717) is 4.31 Å². The number of rotatable bonds is 4. The zero-order valence-corrected chi connectivity index (χ0v) is 11.6. The molecule has 8 heteroatoms. The first-order chi connectivity index (χ1) is 9.44. The Morgan fingerprint density at radius 1 is 1.35 bits per heavy atom. The third-order valence-corrected chi connectivity index (χ3v) is 4.38. The summed E-state index contributed by atoms with van der Waals surface area (Å²) in [4.78, 5) is 23.2. The number of carbonyl (C=O) groups is 2. The van der Waals surface area contributed by atoms with Crippen molar-refractivity contribution >= 4 is 22.1 Å². The van der Waals surface area contributed by atoms with Crippen molar-refractivity contribution in [3.63, 3.8) is 0 Å². The lowest BCUT2D eigenvalue weighted by Crippen LogP contribution is -2.37. The van der Waals surface area contributed by atoms with E-state index in [0.717, 1.165) is 12.7 Å². The second-order valence-corrected chi connectivity index (χ2v) is 5.91. The maximum atomic E-state index is 12.1. The van der Waals surface area contributed by atoms with Gasteiger partial charge in [0.15, 0.2) is 0 Å². The Morgan fingerprint density at radius 2 is 2.00 bits per heavy atom. The van der Waals surface area contributed by atoms with Crippen LogP contribution in [-0.2, 0) is 31.0 Å². The third kappa shape index (κ3) is 2.97. The van der Waals surface area contributed by atoms with Crippen LogP contribution in [0.3, 0.4) is 0 Å². The topological polar surface area (TPSA) is 92.8 Å². The molecule has 2 rings (SSSR count). The molecule has 1 amide bonds. The molecular formula is C12H14N2O5S. The minimum absolute atomic E-state index is 0.233. The van der Waals surface area contributed by atoms with Crippen LogP contribution in [-0.4, -0.2) is 44.3 Å². The molecule has 108 valence electrons. The fourth-order valence-electron chi connectivity index (χ4n) is 1.91. The average Bonchev–Trinajstić information content (AvgIpc) is 2.63. The lowest BCUT2D eigenvalue weighted by molar-refractivity contribution is -0.143. The van der Waals surface area contributed by atoms with Crippen molar-refractivity contribution < 1.29 is 22.7 Å². The van der Waals surface area contributed by atoms with E-state index < -0.39 is 34.7 Å². The first-order valence-electron chi connectivity index (χ1n) is 5.88. The Hall–Kier alpha value is -1.93. The zero-order chi connectivity index (χ0) is 14.8. The van der Waals surface area contributed by atoms with Gasteiger partial charge in [0.05, 0.1) is 7.11 Å². The van der Waals surface area contributed by atoms with Gasteiger partial charge in [-0.2, -0.15) is 13.1 Å². The summed E-state index contributed by atoms with van der Waals surface area (Å²) in [6.07, 6.45) is 0.233. The van der Waals surface area contributed by atoms with Gasteiger partial charge in [-0.1, -0.05) is 30.3 Å². The first kappa shape index (κ1) is 14.5. The molecule has 1 aromatic rings. The van der Waals surface area contributed by atoms with Crippen molar-refractivity contribution in [1.29, 1.82) is 0 Å². The summed E-state index contributed by atoms with van der Waals surface area (Å²) >= 11 is 0. The number of ether oxygens (including phenoxy) is 1. The highest BCUT2D eigenvalue weighted by Crippen LogP contribution is 2.16. The van der Waals surface area contributed by atoms with E-state index in [1.807, 2.05) is 6.07 Å². The Kier molecular flexibility index (Phi) is 4.05. The molecule has 0 unspecified atom stereocenters. The van der Waals surface area contributed by atoms with Crippen molar-refractivity contribution in [3.05, 3.63) is 35.9 Å². The number of amides is 1. The van der Waals surface area contributed by atoms with Gasteiger partial charge in [0.2, 0.25) is 0 Å². The number of esters is 1. The van der Waals surface area contributed by atoms with Gasteiger partial charge < -0.3 is 4.74 Å². The molecule has 20 heavy (non-hydrogen) atoms. The van der Waals surface area contributed by atoms with E-state index in [9.17, 15) is 18.0 Å². The van der Waals surface area contributed by atoms with E-state index in [-0.39, 0.29) is 6.42 Å². The number of nitrogens with one attached hydrogen (secondary N) is 1. The van der Waals surface area contributed by atoms with Gasteiger partial charge in [0, 0.05) is 0 Å². The van der Waals surface area contributed by atoms with Crippen molar-refractivity contribution in [1.82, 2.24) is 9.03 Å². The van der Waals surface area contributed by atoms with Gasteiger partial charge in [0.25, 0.3) is 5.91 Å². The third-order valence-electron chi connectivity index (χ3n) is 2.91. The lowest BCUT2D eigenvalue weighted by atomic mass is 10.1. The van der Waals surface area contributed by atoms with Crippen LogP contribution in [0.15, 0.2) is 30.3 Å². The molecule has 1 aromatic carbocycles. The molecule has 0 saturated carbocycles. The van der Waals surface area contributed by atoms with Crippen LogP contribution in [0.25, 0.3) is 0 Å². The number of nitrogens with zero attached hydrogens (tertiary/aromatic N) is 1. The second kappa shape index (κ2) is 5.59. The molecule has 1 N–H and O–H groups in total. The Bertz CT molecular complexity index is 614. The van der Waals surface area contributed by atoms with Crippen LogP contribution >= 0.6 is 0 Å². The SMILES string of the molecule is COC(=O)CN1C(=O)[C@H](Cc2ccccc2)NS1(=O)=O. The quantitative estimate of drug-likeness (QED) is 0.753. The predicted molar refractivity (Wildman–Crippen MR) is 69.7 cm³/mol. The monoisotopic (exact) mass is 298 g/mol. The average molecular weight is 298 g/mol. The summed E-state index contributed by atoms with van der Waals surface area (Å²) in [6.45, 7) is -0.615. The number of benzene rings is 1. The first-order valence-corrected chi connectivity index (χ1v) is 7.32. The summed E-state index contributed by atoms with van der Waals surface area (Å²) in [6, 6.07) is 8.13. The maximum Gasteiger partial charge on any atom is 0.326 e. The molecule has 1 fully saturated rings. The number of hydrogen-bond acceptors (Lipinski definition) is 5. The molecule has 0 aromatic heterocycles. The van der Waals surface area contributed by atoms with Crippen molar-refractivity contribution in [2.45, 2.75) is 12.5 Å². The van der Waals surface area contributed by atoms with Gasteiger partial charge >= 0.3 is 16.2 Å². The molecule has 1 atom stereocenters. The minimum atomic E-state index is -3.98. The molecule has 0 bridgehead atoms. The Balaban J connectivity index is 2.15. The summed E-state index contributed by atoms with van der Waals surface area (Å²) in [5.41, 5.74) is 0.827. The van der Waals surface area contributed by atoms with Gasteiger partial charge in [-0.3, -0.25) is 9.59 Å². The van der Waals surface area contributed by atoms with Gasteiger partial charge in [-0.25, -0.2) is 4.31 Å². The van der Waals surface area contributed by atoms with Crippen LogP contribution in [0.5, 0.6) is 0 Å². The molecule has 0 radical (unpaired) electrons. The summed E-state index contributed by atoms with van der Waals surface area (Å²) in [5.74, 6) is -1.44. The number of carbonyl (C=O) groups excluding carboxylic acids is 2. The second-order valence-electron chi connectivity index (χ2n) is 4.29. The Labute approximate surface area is 116 Å². The number of methoxy groups -OCH3 is 1. The fourth-order valence-corrected chi connectivity index (χ4v) is 3.22. The predicted octanol–water partition coefficient (Wildman–Crippen LogP) is -0.553. The zero-order valence-electron chi connectivity index (χ0n) is 10.8. The van der Waals surface area contributed by atoms with E-state index in [2.05, 4.69) is 9.46 Å². The summed E-state index contributed by atoms with van der Waals surface area (Å²) < 4.78 is 30.8. The van der Waals surface area contributed by atoms with Crippen LogP contribution in [0.2, 0.25) is 0 Å². The lowest BCUT2D eigenvalue weighted by Gasteiger charge is -2.12. The minimum Gasteiger partial charge on any atom is -0.468 e. The van der Waals surface area contributed by atoms with Gasteiger partial charge in [0.1, 0.15) is 12.6 Å². The molecule has 1 saturated heterocycles. The molecule has 1 heterocycles. The highest BCUT2D eigenvalue weighted by molar-refractivity contribution is 7.88. The van der Waals surface area contributed by atoms with Crippen molar-refractivity contribution in [2.24, 2.45) is 0 Å². The van der Waals surface area contributed by atoms with Crippen LogP contribution < -0.4 is 4.72 Å². The van der Waals surface area contributed by atoms with Crippen LogP contribution in [0.4, 0.5) is 0 Å². The molecule has 1 aliphatic heterocycles. The maximum absolute atomic E-state index is 12.1. The van der Waals surface area contributed by atoms with E-state index in [1.165, 1.54) is 0 Å². The molecular weight excluding hydrogens is 284 g/mol. The van der Waals surface area contributed by atoms with Crippen LogP contribution in [0.1, 0.15) is 5.56 Å². The Morgan fingerprint density at radius 3 is 2.60 bits per heavy atom. The van der Waals surface area contributed by atoms with Gasteiger partial charge in [-0.05, 0) is 12.0 Å². The van der Waals surface area contributed by atoms with E-state index >= 15 is 0 Å². The van der Waals surface area contributed by atoms with Gasteiger partial charge in [-0.15, -0.1) is 0 Å². The molecule has 1 aliphatic rings. The van der Waals surface area contributed by atoms with E-state index in [4.69, 9.17) is 0 Å². The largest absolute Gasteiger partial charge is 0.468 e. The van der Waals surface area contributed by atoms with E-state index in [1.54, 1.807) is 24.3 Å². The highest BCUT2D eigenvalue weighted by atomic mass is 32.2. The molecule has 0 aliphatic carbocycles. The van der Waals surface area contributed by atoms with Crippen molar-refractivity contribution in [2.75, 3.05) is 13.7 Å². The standard InChI is InChI=1S/C12H14N2O5S/c1-19-11(15)8-14-12(16)10(13-20(14,17)18)7-9-5-3-2-4-6-9/h2-6,10,13H,7-8H2,1H3/t10-/m0/s1. The normalized spacial score (nSPS) is 20.9. The smallest absolute Gasteiger partial charge is 0.326 e. The summed E-state index contributed by atoms with van der Waals surface area (Å²) in [7, 11) is -2.85. The summed E-state index contributed by atoms with van der Waals surface area (Å²) in [5, 5.41) is 0.